The lowest BCUT2D eigenvalue weighted by atomic mass is 9.74. The van der Waals surface area contributed by atoms with Gasteiger partial charge in [0.25, 0.3) is 0 Å². The summed E-state index contributed by atoms with van der Waals surface area (Å²) in [6, 6.07) is 7.29. The number of carbonyl (C=O) groups is 3. The van der Waals surface area contributed by atoms with Crippen LogP contribution in [0, 0.1) is 0 Å². The van der Waals surface area contributed by atoms with Gasteiger partial charge in [0.1, 0.15) is 11.8 Å². The number of ether oxygens (including phenoxy) is 4. The number of rotatable bonds is 8. The highest BCUT2D eigenvalue weighted by Crippen LogP contribution is 2.44. The molecule has 4 unspecified atom stereocenters. The Morgan fingerprint density at radius 2 is 1.65 bits per heavy atom. The second-order valence-electron chi connectivity index (χ2n) is 9.58. The molecule has 9 nitrogen and oxygen atoms in total. The van der Waals surface area contributed by atoms with E-state index in [1.807, 2.05) is 17.0 Å². The van der Waals surface area contributed by atoms with E-state index in [2.05, 4.69) is 11.4 Å². The Bertz CT molecular complexity index is 1220. The molecule has 1 N–H and O–H groups in total. The van der Waals surface area contributed by atoms with Crippen molar-refractivity contribution in [2.24, 2.45) is 0 Å². The summed E-state index contributed by atoms with van der Waals surface area (Å²) in [5, 5.41) is 3.61. The molecule has 196 valence electrons. The smallest absolute Gasteiger partial charge is 0.231 e. The number of Topliss-reactive ketones (excluding diaryl/α,β-unsaturated/α-hetero) is 3. The van der Waals surface area contributed by atoms with Gasteiger partial charge in [0.2, 0.25) is 17.3 Å². The molecule has 2 aromatic rings. The van der Waals surface area contributed by atoms with Gasteiger partial charge < -0.3 is 24.3 Å². The van der Waals surface area contributed by atoms with Crippen molar-refractivity contribution >= 4 is 17.3 Å². The average molecular weight is 509 g/mol. The topological polar surface area (TPSA) is 103 Å². The third kappa shape index (κ3) is 4.06. The second-order valence-corrected chi connectivity index (χ2v) is 9.58. The van der Waals surface area contributed by atoms with Gasteiger partial charge in [-0.1, -0.05) is 12.1 Å². The molecule has 2 saturated heterocycles. The predicted molar refractivity (Wildman–Crippen MR) is 135 cm³/mol. The molecule has 0 spiro atoms. The maximum atomic E-state index is 13.6. The first-order valence-electron chi connectivity index (χ1n) is 12.5. The van der Waals surface area contributed by atoms with Crippen molar-refractivity contribution in [3.05, 3.63) is 47.0 Å². The summed E-state index contributed by atoms with van der Waals surface area (Å²) in [6.45, 7) is 0.768. The lowest BCUT2D eigenvalue weighted by Crippen LogP contribution is -2.74. The zero-order valence-corrected chi connectivity index (χ0v) is 21.5. The van der Waals surface area contributed by atoms with Crippen molar-refractivity contribution in [3.8, 4) is 23.0 Å². The highest BCUT2D eigenvalue weighted by molar-refractivity contribution is 6.49. The molecule has 0 aromatic heterocycles. The van der Waals surface area contributed by atoms with Crippen LogP contribution in [0.3, 0.4) is 0 Å². The van der Waals surface area contributed by atoms with Crippen molar-refractivity contribution in [2.45, 2.75) is 49.9 Å². The molecule has 4 atom stereocenters. The Labute approximate surface area is 216 Å². The third-order valence-corrected chi connectivity index (χ3v) is 7.86. The van der Waals surface area contributed by atoms with Crippen LogP contribution in [0.4, 0.5) is 0 Å². The summed E-state index contributed by atoms with van der Waals surface area (Å²) in [4.78, 5) is 42.1. The van der Waals surface area contributed by atoms with Crippen LogP contribution >= 0.6 is 0 Å². The van der Waals surface area contributed by atoms with Gasteiger partial charge in [-0.2, -0.15) is 0 Å². The molecule has 0 saturated carbocycles. The minimum absolute atomic E-state index is 0.0682. The van der Waals surface area contributed by atoms with Gasteiger partial charge in [-0.25, -0.2) is 0 Å². The van der Waals surface area contributed by atoms with Gasteiger partial charge in [0.05, 0.1) is 34.5 Å². The minimum atomic E-state index is -1.10. The van der Waals surface area contributed by atoms with Gasteiger partial charge in [0, 0.05) is 23.2 Å². The molecule has 3 aliphatic heterocycles. The van der Waals surface area contributed by atoms with Crippen LogP contribution in [0.15, 0.2) is 30.3 Å². The summed E-state index contributed by atoms with van der Waals surface area (Å²) in [7, 11) is 6.01. The van der Waals surface area contributed by atoms with Gasteiger partial charge in [0.15, 0.2) is 17.3 Å². The SMILES string of the molecule is COc1cccc2c1CCNC2C1CCCC2C(=O)C(C(=O)C(=O)c3cc(OC)c(OC)c(OC)c3)N21. The molecule has 2 fully saturated rings. The molecule has 37 heavy (non-hydrogen) atoms. The second kappa shape index (κ2) is 10.1. The van der Waals surface area contributed by atoms with E-state index in [9.17, 15) is 14.4 Å². The number of hydrogen-bond acceptors (Lipinski definition) is 9. The maximum absolute atomic E-state index is 13.6. The monoisotopic (exact) mass is 508 g/mol. The Kier molecular flexibility index (Phi) is 6.92. The summed E-state index contributed by atoms with van der Waals surface area (Å²) in [5.41, 5.74) is 2.37. The largest absolute Gasteiger partial charge is 0.496 e. The molecule has 9 heteroatoms. The maximum Gasteiger partial charge on any atom is 0.231 e. The third-order valence-electron chi connectivity index (χ3n) is 7.86. The minimum Gasteiger partial charge on any atom is -0.496 e. The zero-order chi connectivity index (χ0) is 26.3. The number of fused-ring (bicyclic) bond motifs is 2. The van der Waals surface area contributed by atoms with E-state index in [1.165, 1.54) is 33.5 Å². The fraction of sp³-hybridized carbons (Fsp3) is 0.464. The molecule has 0 bridgehead atoms. The number of hydrogen-bond donors (Lipinski definition) is 1. The number of carbonyl (C=O) groups excluding carboxylic acids is 3. The van der Waals surface area contributed by atoms with E-state index in [-0.39, 0.29) is 41.0 Å². The van der Waals surface area contributed by atoms with Crippen molar-refractivity contribution in [1.29, 1.82) is 0 Å². The summed E-state index contributed by atoms with van der Waals surface area (Å²) >= 11 is 0. The Morgan fingerprint density at radius 3 is 2.30 bits per heavy atom. The van der Waals surface area contributed by atoms with Gasteiger partial charge in [-0.15, -0.1) is 0 Å². The van der Waals surface area contributed by atoms with Crippen LogP contribution in [0.1, 0.15) is 46.8 Å². The molecular weight excluding hydrogens is 476 g/mol. The number of piperidine rings is 1. The zero-order valence-electron chi connectivity index (χ0n) is 21.5. The first-order valence-corrected chi connectivity index (χ1v) is 12.5. The Balaban J connectivity index is 1.46. The van der Waals surface area contributed by atoms with Crippen LogP contribution in [-0.4, -0.2) is 75.4 Å². The van der Waals surface area contributed by atoms with Gasteiger partial charge in [-0.3, -0.25) is 19.3 Å². The first-order chi connectivity index (χ1) is 17.9. The lowest BCUT2D eigenvalue weighted by Gasteiger charge is -2.55. The van der Waals surface area contributed by atoms with E-state index < -0.39 is 17.6 Å². The fourth-order valence-electron chi connectivity index (χ4n) is 6.18. The molecule has 3 aliphatic rings. The van der Waals surface area contributed by atoms with Crippen LogP contribution in [0.2, 0.25) is 0 Å². The van der Waals surface area contributed by atoms with Crippen LogP contribution in [0.25, 0.3) is 0 Å². The molecule has 0 amide bonds. The number of methoxy groups -OCH3 is 4. The van der Waals surface area contributed by atoms with Gasteiger partial charge in [-0.05, 0) is 56.0 Å². The summed E-state index contributed by atoms with van der Waals surface area (Å²) < 4.78 is 21.6. The normalized spacial score (nSPS) is 24.8. The lowest BCUT2D eigenvalue weighted by molar-refractivity contribution is -0.159. The van der Waals surface area contributed by atoms with Gasteiger partial charge >= 0.3 is 0 Å². The molecule has 5 rings (SSSR count). The van der Waals surface area contributed by atoms with E-state index in [0.717, 1.165) is 42.7 Å². The highest BCUT2D eigenvalue weighted by Gasteiger charge is 2.58. The van der Waals surface area contributed by atoms with Crippen molar-refractivity contribution in [1.82, 2.24) is 10.2 Å². The summed E-state index contributed by atoms with van der Waals surface area (Å²) in [6.07, 6.45) is 3.24. The molecule has 2 aromatic carbocycles. The van der Waals surface area contributed by atoms with Crippen LogP contribution < -0.4 is 24.3 Å². The number of nitrogens with zero attached hydrogens (tertiary/aromatic N) is 1. The van der Waals surface area contributed by atoms with Crippen LogP contribution in [-0.2, 0) is 16.0 Å². The quantitative estimate of drug-likeness (QED) is 0.327. The first kappa shape index (κ1) is 25.2. The van der Waals surface area contributed by atoms with E-state index in [1.54, 1.807) is 7.11 Å². The Morgan fingerprint density at radius 1 is 0.946 bits per heavy atom. The van der Waals surface area contributed by atoms with Crippen molar-refractivity contribution in [3.63, 3.8) is 0 Å². The van der Waals surface area contributed by atoms with E-state index >= 15 is 0 Å². The fourth-order valence-corrected chi connectivity index (χ4v) is 6.18. The van der Waals surface area contributed by atoms with E-state index in [0.29, 0.717) is 12.2 Å². The molecule has 3 heterocycles. The molecular formula is C28H32N2O7. The summed E-state index contributed by atoms with van der Waals surface area (Å²) in [5.74, 6) is 0.0381. The van der Waals surface area contributed by atoms with Crippen LogP contribution in [0.5, 0.6) is 23.0 Å². The number of nitrogens with one attached hydrogen (secondary N) is 1. The standard InChI is InChI=1S/C28H32N2O7/c1-34-20-10-5-7-17-16(20)11-12-29-23(17)18-8-6-9-19-26(32)24(30(18)19)27(33)25(31)15-13-21(35-2)28(37-4)22(14-15)36-3/h5,7,10,13-14,18-19,23-24,29H,6,8-9,11-12H2,1-4H3. The van der Waals surface area contributed by atoms with Crippen molar-refractivity contribution < 1.29 is 33.3 Å². The Hall–Kier alpha value is -3.43. The predicted octanol–water partition coefficient (Wildman–Crippen LogP) is 2.53. The van der Waals surface area contributed by atoms with E-state index in [4.69, 9.17) is 18.9 Å². The number of benzene rings is 2. The molecule has 0 aliphatic carbocycles. The number of ketones is 3. The average Bonchev–Trinajstić information content (AvgIpc) is 2.94. The van der Waals surface area contributed by atoms with Crippen molar-refractivity contribution in [2.75, 3.05) is 35.0 Å². The highest BCUT2D eigenvalue weighted by atomic mass is 16.5. The molecule has 0 radical (unpaired) electrons.